The Balaban J connectivity index is 1.37. The highest BCUT2D eigenvalue weighted by atomic mass is 32.2. The van der Waals surface area contributed by atoms with E-state index in [0.29, 0.717) is 23.8 Å². The van der Waals surface area contributed by atoms with Crippen LogP contribution in [0.25, 0.3) is 5.69 Å². The number of aromatic nitrogens is 3. The molecule has 0 saturated carbocycles. The standard InChI is InChI=1S/C24H26N6O3S/c1-16-9-11-19(12-10-16)29-17(2)26-27-23(29)34-15-20(31)28-30-21(32)24(3,25-22(30)33)14-13-18-7-5-4-6-8-18/h4-12H,13-15H2,1-3H3,(H,25,33)(H,28,31)/t24-/m1/s1. The van der Waals surface area contributed by atoms with Gasteiger partial charge in [-0.15, -0.1) is 10.2 Å². The van der Waals surface area contributed by atoms with Gasteiger partial charge in [-0.25, -0.2) is 4.79 Å². The van der Waals surface area contributed by atoms with Crippen molar-refractivity contribution < 1.29 is 14.4 Å². The fourth-order valence-electron chi connectivity index (χ4n) is 3.71. The lowest BCUT2D eigenvalue weighted by Crippen LogP contribution is -2.49. The summed E-state index contributed by atoms with van der Waals surface area (Å²) in [7, 11) is 0. The van der Waals surface area contributed by atoms with Gasteiger partial charge in [-0.05, 0) is 51.3 Å². The maximum atomic E-state index is 12.9. The van der Waals surface area contributed by atoms with Crippen molar-refractivity contribution in [1.29, 1.82) is 0 Å². The molecule has 3 aromatic rings. The average Bonchev–Trinajstić information content (AvgIpc) is 3.29. The number of carbonyl (C=O) groups is 3. The lowest BCUT2D eigenvalue weighted by atomic mass is 9.93. The number of nitrogens with one attached hydrogen (secondary N) is 2. The third-order valence-electron chi connectivity index (χ3n) is 5.67. The van der Waals surface area contributed by atoms with Crippen LogP contribution in [0.5, 0.6) is 0 Å². The first-order valence-corrected chi connectivity index (χ1v) is 11.9. The fraction of sp³-hybridized carbons (Fsp3) is 0.292. The third-order valence-corrected chi connectivity index (χ3v) is 6.60. The molecule has 10 heteroatoms. The second-order valence-electron chi connectivity index (χ2n) is 8.41. The zero-order chi connectivity index (χ0) is 24.3. The largest absolute Gasteiger partial charge is 0.344 e. The van der Waals surface area contributed by atoms with Crippen molar-refractivity contribution in [2.45, 2.75) is 44.3 Å². The maximum absolute atomic E-state index is 12.9. The summed E-state index contributed by atoms with van der Waals surface area (Å²) in [6, 6.07) is 17.0. The van der Waals surface area contributed by atoms with Crippen LogP contribution in [0.1, 0.15) is 30.3 Å². The zero-order valence-corrected chi connectivity index (χ0v) is 20.1. The van der Waals surface area contributed by atoms with Gasteiger partial charge in [0.2, 0.25) is 5.91 Å². The Morgan fingerprint density at radius 3 is 2.47 bits per heavy atom. The monoisotopic (exact) mass is 478 g/mol. The highest BCUT2D eigenvalue weighted by Gasteiger charge is 2.48. The fourth-order valence-corrected chi connectivity index (χ4v) is 4.50. The molecule has 0 spiro atoms. The van der Waals surface area contributed by atoms with E-state index < -0.39 is 23.4 Å². The number of imide groups is 1. The SMILES string of the molecule is Cc1ccc(-n2c(C)nnc2SCC(=O)NN2C(=O)N[C@](C)(CCc3ccccc3)C2=O)cc1. The summed E-state index contributed by atoms with van der Waals surface area (Å²) in [6.07, 6.45) is 1.04. The van der Waals surface area contributed by atoms with Crippen molar-refractivity contribution in [3.05, 3.63) is 71.5 Å². The lowest BCUT2D eigenvalue weighted by Gasteiger charge is -2.21. The smallest absolute Gasteiger partial charge is 0.322 e. The Morgan fingerprint density at radius 1 is 1.06 bits per heavy atom. The number of hydrazine groups is 1. The van der Waals surface area contributed by atoms with Crippen molar-refractivity contribution in [1.82, 2.24) is 30.5 Å². The highest BCUT2D eigenvalue weighted by molar-refractivity contribution is 7.99. The molecule has 176 valence electrons. The highest BCUT2D eigenvalue weighted by Crippen LogP contribution is 2.24. The van der Waals surface area contributed by atoms with Gasteiger partial charge in [-0.2, -0.15) is 5.01 Å². The molecular weight excluding hydrogens is 452 g/mol. The summed E-state index contributed by atoms with van der Waals surface area (Å²) >= 11 is 1.18. The van der Waals surface area contributed by atoms with E-state index in [0.717, 1.165) is 21.8 Å². The van der Waals surface area contributed by atoms with Crippen molar-refractivity contribution in [3.8, 4) is 5.69 Å². The van der Waals surface area contributed by atoms with Gasteiger partial charge >= 0.3 is 6.03 Å². The van der Waals surface area contributed by atoms with E-state index in [1.807, 2.05) is 73.0 Å². The van der Waals surface area contributed by atoms with Gasteiger partial charge in [0, 0.05) is 5.69 Å². The molecule has 0 unspecified atom stereocenters. The molecule has 1 aromatic heterocycles. The van der Waals surface area contributed by atoms with E-state index in [1.54, 1.807) is 6.92 Å². The second kappa shape index (κ2) is 9.68. The lowest BCUT2D eigenvalue weighted by molar-refractivity contribution is -0.138. The van der Waals surface area contributed by atoms with Crippen molar-refractivity contribution in [3.63, 3.8) is 0 Å². The van der Waals surface area contributed by atoms with Crippen LogP contribution in [0.4, 0.5) is 4.79 Å². The molecule has 0 aliphatic carbocycles. The molecule has 1 atom stereocenters. The molecule has 0 bridgehead atoms. The number of nitrogens with zero attached hydrogens (tertiary/aromatic N) is 4. The van der Waals surface area contributed by atoms with Gasteiger partial charge in [-0.3, -0.25) is 19.6 Å². The third kappa shape index (κ3) is 4.96. The van der Waals surface area contributed by atoms with Crippen LogP contribution in [0.3, 0.4) is 0 Å². The van der Waals surface area contributed by atoms with E-state index in [9.17, 15) is 14.4 Å². The van der Waals surface area contributed by atoms with Crippen molar-refractivity contribution in [2.75, 3.05) is 5.75 Å². The van der Waals surface area contributed by atoms with Gasteiger partial charge in [-0.1, -0.05) is 59.8 Å². The molecule has 1 fully saturated rings. The van der Waals surface area contributed by atoms with Crippen LogP contribution in [-0.4, -0.2) is 48.9 Å². The summed E-state index contributed by atoms with van der Waals surface area (Å²) < 4.78 is 1.85. The number of hydrogen-bond acceptors (Lipinski definition) is 6. The maximum Gasteiger partial charge on any atom is 0.344 e. The average molecular weight is 479 g/mol. The Labute approximate surface area is 201 Å². The topological polar surface area (TPSA) is 109 Å². The first kappa shape index (κ1) is 23.5. The molecular formula is C24H26N6O3S. The van der Waals surface area contributed by atoms with E-state index in [4.69, 9.17) is 0 Å². The summed E-state index contributed by atoms with van der Waals surface area (Å²) in [5.41, 5.74) is 4.43. The Hall–Kier alpha value is -3.66. The van der Waals surface area contributed by atoms with Gasteiger partial charge < -0.3 is 5.32 Å². The second-order valence-corrected chi connectivity index (χ2v) is 9.36. The molecule has 2 N–H and O–H groups in total. The molecule has 4 rings (SSSR count). The van der Waals surface area contributed by atoms with Crippen molar-refractivity contribution in [2.24, 2.45) is 0 Å². The predicted molar refractivity (Wildman–Crippen MR) is 128 cm³/mol. The number of rotatable bonds is 8. The number of amides is 4. The molecule has 1 saturated heterocycles. The van der Waals surface area contributed by atoms with Crippen LogP contribution in [0.15, 0.2) is 59.8 Å². The predicted octanol–water partition coefficient (Wildman–Crippen LogP) is 2.95. The molecule has 0 radical (unpaired) electrons. The van der Waals surface area contributed by atoms with Crippen LogP contribution in [0.2, 0.25) is 0 Å². The van der Waals surface area contributed by atoms with Gasteiger partial charge in [0.15, 0.2) is 5.16 Å². The van der Waals surface area contributed by atoms with E-state index in [-0.39, 0.29) is 5.75 Å². The molecule has 2 heterocycles. The quantitative estimate of drug-likeness (QED) is 0.381. The summed E-state index contributed by atoms with van der Waals surface area (Å²) in [5, 5.41) is 12.3. The molecule has 9 nitrogen and oxygen atoms in total. The normalized spacial score (nSPS) is 17.7. The molecule has 4 amide bonds. The Bertz CT molecular complexity index is 1210. The Morgan fingerprint density at radius 2 is 1.76 bits per heavy atom. The minimum absolute atomic E-state index is 0.0399. The van der Waals surface area contributed by atoms with Crippen LogP contribution in [-0.2, 0) is 16.0 Å². The molecule has 1 aliphatic heterocycles. The summed E-state index contributed by atoms with van der Waals surface area (Å²) in [5.74, 6) is -0.320. The van der Waals surface area contributed by atoms with Crippen LogP contribution < -0.4 is 10.7 Å². The minimum Gasteiger partial charge on any atom is -0.322 e. The van der Waals surface area contributed by atoms with Gasteiger partial charge in [0.25, 0.3) is 5.91 Å². The number of urea groups is 1. The zero-order valence-electron chi connectivity index (χ0n) is 19.2. The number of hydrogen-bond donors (Lipinski definition) is 2. The van der Waals surface area contributed by atoms with E-state index >= 15 is 0 Å². The number of benzene rings is 2. The van der Waals surface area contributed by atoms with Crippen LogP contribution >= 0.6 is 11.8 Å². The van der Waals surface area contributed by atoms with Crippen molar-refractivity contribution >= 4 is 29.6 Å². The number of carbonyl (C=O) groups excluding carboxylic acids is 3. The Kier molecular flexibility index (Phi) is 6.69. The number of aryl methyl sites for hydroxylation is 3. The summed E-state index contributed by atoms with van der Waals surface area (Å²) in [6.45, 7) is 5.51. The first-order chi connectivity index (χ1) is 16.3. The molecule has 34 heavy (non-hydrogen) atoms. The first-order valence-electron chi connectivity index (χ1n) is 10.9. The molecule has 1 aliphatic rings. The van der Waals surface area contributed by atoms with Gasteiger partial charge in [0.1, 0.15) is 11.4 Å². The molecule has 2 aromatic carbocycles. The van der Waals surface area contributed by atoms with E-state index in [1.165, 1.54) is 11.8 Å². The number of thioether (sulfide) groups is 1. The minimum atomic E-state index is -1.09. The van der Waals surface area contributed by atoms with Gasteiger partial charge in [0.05, 0.1) is 5.75 Å². The summed E-state index contributed by atoms with van der Waals surface area (Å²) in [4.78, 5) is 38.0. The van der Waals surface area contributed by atoms with Crippen LogP contribution in [0, 0.1) is 13.8 Å². The van der Waals surface area contributed by atoms with E-state index in [2.05, 4.69) is 20.9 Å².